The van der Waals surface area contributed by atoms with Gasteiger partial charge in [-0.25, -0.2) is 14.0 Å². The van der Waals surface area contributed by atoms with Crippen LogP contribution >= 0.6 is 23.1 Å². The Balaban J connectivity index is 1.39. The number of β-lactam (4-membered cyclic amide) rings is 1. The largest absolute Gasteiger partial charge is 0.477 e. The summed E-state index contributed by atoms with van der Waals surface area (Å²) in [5, 5.41) is 32.6. The number of hydrogen-bond donors (Lipinski definition) is 4. The van der Waals surface area contributed by atoms with Crippen LogP contribution in [0.2, 0.25) is 0 Å². The Morgan fingerprint density at radius 2 is 2.21 bits per heavy atom. The summed E-state index contributed by atoms with van der Waals surface area (Å²) in [6, 6.07) is 0.396. The highest BCUT2D eigenvalue weighted by Gasteiger charge is 2.56. The van der Waals surface area contributed by atoms with Crippen molar-refractivity contribution in [1.82, 2.24) is 40.5 Å². The molecule has 2 aliphatic rings. The summed E-state index contributed by atoms with van der Waals surface area (Å²) in [6.07, 6.45) is 0. The van der Waals surface area contributed by atoms with Crippen LogP contribution in [0.25, 0.3) is 5.65 Å². The minimum absolute atomic E-state index is 0.0911. The number of hydrogen-bond acceptors (Lipinski definition) is 15. The number of thiazole rings is 1. The van der Waals surface area contributed by atoms with E-state index in [1.165, 1.54) is 12.5 Å². The summed E-state index contributed by atoms with van der Waals surface area (Å²) >= 11 is 2.23. The molecule has 204 valence electrons. The van der Waals surface area contributed by atoms with E-state index in [0.29, 0.717) is 10.6 Å². The van der Waals surface area contributed by atoms with Gasteiger partial charge < -0.3 is 26.7 Å². The molecule has 1 saturated heterocycles. The molecular weight excluding hydrogens is 595 g/mol. The second-order valence-electron chi connectivity index (χ2n) is 7.81. The zero-order valence-corrected chi connectivity index (χ0v) is 22.8. The van der Waals surface area contributed by atoms with E-state index in [1.54, 1.807) is 6.07 Å². The zero-order valence-electron chi connectivity index (χ0n) is 19.6. The van der Waals surface area contributed by atoms with Crippen LogP contribution in [-0.2, 0) is 38.9 Å². The fourth-order valence-electron chi connectivity index (χ4n) is 3.90. The van der Waals surface area contributed by atoms with Gasteiger partial charge in [-0.2, -0.15) is 0 Å². The van der Waals surface area contributed by atoms with Crippen molar-refractivity contribution in [3.05, 3.63) is 28.4 Å². The molecule has 0 aromatic carbocycles. The van der Waals surface area contributed by atoms with Gasteiger partial charge in [0.2, 0.25) is 5.65 Å². The third kappa shape index (κ3) is 4.84. The molecule has 5 rings (SSSR count). The number of oxime groups is 1. The molecule has 0 bridgehead atoms. The van der Waals surface area contributed by atoms with Crippen LogP contribution in [0.5, 0.6) is 0 Å². The van der Waals surface area contributed by atoms with Crippen LogP contribution in [-0.4, -0.2) is 98.0 Å². The maximum Gasteiger partial charge on any atom is 0.352 e. The maximum absolute atomic E-state index is 13.2. The number of nitrogen functional groups attached to an aromatic ring is 2. The highest BCUT2D eigenvalue weighted by molar-refractivity contribution is 8.31. The number of aliphatic carboxylic acids is 1. The molecule has 1 fully saturated rings. The minimum atomic E-state index is -1.34. The quantitative estimate of drug-likeness (QED) is 0.0934. The number of nitrogens with two attached hydrogens (primary N) is 2. The second kappa shape index (κ2) is 10.7. The molecule has 2 aliphatic heterocycles. The molecule has 0 aliphatic carbocycles. The first-order valence-corrected chi connectivity index (χ1v) is 15.2. The monoisotopic (exact) mass is 611 g/mol. The van der Waals surface area contributed by atoms with Gasteiger partial charge in [0, 0.05) is 16.9 Å². The van der Waals surface area contributed by atoms with E-state index in [0.717, 1.165) is 32.6 Å². The lowest BCUT2D eigenvalue weighted by atomic mass is 10.0. The first kappa shape index (κ1) is 26.6. The van der Waals surface area contributed by atoms with Crippen molar-refractivity contribution in [2.24, 2.45) is 5.16 Å². The Labute approximate surface area is 231 Å². The number of tetrazole rings is 1. The molecule has 0 spiro atoms. The molecule has 21 heteroatoms. The van der Waals surface area contributed by atoms with E-state index in [1.807, 2.05) is 0 Å². The van der Waals surface area contributed by atoms with Gasteiger partial charge in [0.1, 0.15) is 45.2 Å². The Bertz CT molecular complexity index is 1640. The number of amides is 2. The van der Waals surface area contributed by atoms with Crippen molar-refractivity contribution in [3.8, 4) is 0 Å². The normalized spacial score (nSPS) is 20.9. The van der Waals surface area contributed by atoms with E-state index in [-0.39, 0.29) is 55.3 Å². The number of carboxylic acid groups (broad SMARTS) is 1. The molecule has 39 heavy (non-hydrogen) atoms. The number of aromatic nitrogens is 6. The Hall–Kier alpha value is -3.95. The lowest BCUT2D eigenvalue weighted by molar-refractivity contribution is -0.150. The molecular formula is C18H17N11O6S4. The number of carbonyl (C=O) groups excluding carboxylic acids is 2. The number of fused-ring (bicyclic) bond motifs is 2. The molecule has 0 radical (unpaired) electrons. The molecule has 6 N–H and O–H groups in total. The predicted molar refractivity (Wildman–Crippen MR) is 141 cm³/mol. The maximum atomic E-state index is 13.2. The van der Waals surface area contributed by atoms with Crippen molar-refractivity contribution in [1.29, 1.82) is 0 Å². The van der Waals surface area contributed by atoms with Crippen molar-refractivity contribution in [2.45, 2.75) is 16.4 Å². The number of thioether (sulfide) groups is 1. The van der Waals surface area contributed by atoms with Gasteiger partial charge >= 0.3 is 5.97 Å². The van der Waals surface area contributed by atoms with Crippen LogP contribution in [0.15, 0.2) is 32.9 Å². The summed E-state index contributed by atoms with van der Waals surface area (Å²) in [4.78, 5) is 48.2. The van der Waals surface area contributed by atoms with Gasteiger partial charge in [0.25, 0.3) is 11.8 Å². The fraction of sp³-hybridized carbons (Fsp3) is 0.278. The number of nitrogens with zero attached hydrogens (tertiary/aromatic N) is 8. The van der Waals surface area contributed by atoms with Crippen LogP contribution in [0.3, 0.4) is 0 Å². The van der Waals surface area contributed by atoms with Gasteiger partial charge in [0.05, 0.1) is 5.69 Å². The Morgan fingerprint density at radius 1 is 1.41 bits per heavy atom. The van der Waals surface area contributed by atoms with E-state index in [2.05, 4.69) is 36.1 Å². The van der Waals surface area contributed by atoms with Gasteiger partial charge in [-0.3, -0.25) is 14.5 Å². The van der Waals surface area contributed by atoms with E-state index in [9.17, 15) is 23.7 Å². The fourth-order valence-corrected chi connectivity index (χ4v) is 8.71. The standard InChI is InChI=1S/C18H17N11O6S4/c1-35-25-10(8-4-37-18(20)21-8)14(30)22-11-15(31)28-12(17(32)33)6(5-39(38-34)16(11)28)3-36-9-2-7(19)13-23-26-27-29(13)24-9/h2,4,11,16H,3,5,19H2,1H3,(H2,20,21)(H,22,30)(H,32,33)/t11?,16-,39+/m0/s1. The van der Waals surface area contributed by atoms with Crippen LogP contribution in [0.4, 0.5) is 10.8 Å². The molecule has 0 saturated carbocycles. The second-order valence-corrected chi connectivity index (χ2v) is 13.1. The van der Waals surface area contributed by atoms with Crippen molar-refractivity contribution in [3.63, 3.8) is 0 Å². The number of rotatable bonds is 8. The number of carboxylic acids is 1. The van der Waals surface area contributed by atoms with E-state index in [4.69, 9.17) is 16.3 Å². The van der Waals surface area contributed by atoms with Gasteiger partial charge in [-0.15, -0.1) is 26.2 Å². The van der Waals surface area contributed by atoms with Crippen molar-refractivity contribution in [2.75, 3.05) is 30.1 Å². The molecule has 3 aromatic rings. The molecule has 3 atom stereocenters. The summed E-state index contributed by atoms with van der Waals surface area (Å²) in [6.45, 7) is 0. The summed E-state index contributed by atoms with van der Waals surface area (Å²) in [7, 11) is 0.409. The van der Waals surface area contributed by atoms with E-state index >= 15 is 0 Å². The number of nitrogens with one attached hydrogen (secondary N) is 1. The molecule has 17 nitrogen and oxygen atoms in total. The van der Waals surface area contributed by atoms with Crippen LogP contribution < -0.4 is 16.8 Å². The predicted octanol–water partition coefficient (Wildman–Crippen LogP) is -1.97. The van der Waals surface area contributed by atoms with E-state index < -0.39 is 38.7 Å². The summed E-state index contributed by atoms with van der Waals surface area (Å²) in [5.74, 6) is -2.60. The zero-order chi connectivity index (χ0) is 27.8. The van der Waals surface area contributed by atoms with Crippen molar-refractivity contribution < 1.29 is 28.5 Å². The van der Waals surface area contributed by atoms with Gasteiger partial charge in [-0.05, 0) is 22.1 Å². The first-order valence-electron chi connectivity index (χ1n) is 10.6. The lowest BCUT2D eigenvalue weighted by Gasteiger charge is -2.50. The van der Waals surface area contributed by atoms with Gasteiger partial charge in [0.15, 0.2) is 10.8 Å². The van der Waals surface area contributed by atoms with Crippen LogP contribution in [0, 0.1) is 0 Å². The third-order valence-electron chi connectivity index (χ3n) is 5.52. The summed E-state index contributed by atoms with van der Waals surface area (Å²) in [5.41, 5.74) is 12.2. The Morgan fingerprint density at radius 3 is 2.87 bits per heavy atom. The Kier molecular flexibility index (Phi) is 7.29. The van der Waals surface area contributed by atoms with Crippen molar-refractivity contribution >= 4 is 82.7 Å². The average molecular weight is 612 g/mol. The van der Waals surface area contributed by atoms with Gasteiger partial charge in [-0.1, -0.05) is 26.4 Å². The third-order valence-corrected chi connectivity index (χ3v) is 10.5. The molecule has 5 heterocycles. The molecule has 3 aromatic heterocycles. The number of carbonyl (C=O) groups is 3. The molecule has 2 amide bonds. The number of anilines is 2. The molecule has 1 unspecified atom stereocenters. The average Bonchev–Trinajstić information content (AvgIpc) is 3.57. The summed E-state index contributed by atoms with van der Waals surface area (Å²) < 4.78 is 13.3. The highest BCUT2D eigenvalue weighted by Crippen LogP contribution is 2.37. The topological polar surface area (TPSA) is 246 Å². The highest BCUT2D eigenvalue weighted by atomic mass is 32.8. The SMILES string of the molecule is CON=C(C(=O)NC1C(=O)N2C(C(=O)O)=C(CSc3cc(N)c4nnnn4n3)C[S@@](=S=O)[C@@H]12)c1csc(N)n1. The minimum Gasteiger partial charge on any atom is -0.477 e. The smallest absolute Gasteiger partial charge is 0.352 e. The lowest BCUT2D eigenvalue weighted by Crippen LogP contribution is -2.74. The first-order chi connectivity index (χ1) is 18.7. The van der Waals surface area contributed by atoms with Crippen LogP contribution in [0.1, 0.15) is 5.69 Å².